The van der Waals surface area contributed by atoms with Crippen molar-refractivity contribution in [1.29, 1.82) is 0 Å². The summed E-state index contributed by atoms with van der Waals surface area (Å²) in [6, 6.07) is 17.1. The molecular formula is C17H18N4O. The highest BCUT2D eigenvalue weighted by atomic mass is 16.3. The third-order valence-corrected chi connectivity index (χ3v) is 3.39. The number of nitrogens with zero attached hydrogens (tertiary/aromatic N) is 2. The molecule has 5 heteroatoms. The summed E-state index contributed by atoms with van der Waals surface area (Å²) in [4.78, 5) is 0. The molecule has 0 amide bonds. The van der Waals surface area contributed by atoms with Gasteiger partial charge in [0.25, 0.3) is 0 Å². The molecule has 4 N–H and O–H groups in total. The lowest BCUT2D eigenvalue weighted by Gasteiger charge is -2.12. The van der Waals surface area contributed by atoms with Crippen LogP contribution >= 0.6 is 0 Å². The van der Waals surface area contributed by atoms with Crippen LogP contribution in [0, 0.1) is 0 Å². The fourth-order valence-electron chi connectivity index (χ4n) is 2.38. The van der Waals surface area contributed by atoms with E-state index in [1.54, 1.807) is 23.0 Å². The van der Waals surface area contributed by atoms with E-state index in [-0.39, 0.29) is 5.75 Å². The highest BCUT2D eigenvalue weighted by Gasteiger charge is 2.15. The molecule has 0 radical (unpaired) electrons. The van der Waals surface area contributed by atoms with Gasteiger partial charge in [0, 0.05) is 18.7 Å². The molecule has 0 fully saturated rings. The van der Waals surface area contributed by atoms with Crippen LogP contribution in [0.3, 0.4) is 0 Å². The Hall–Kier alpha value is -2.79. The number of aromatic nitrogens is 2. The molecule has 0 spiro atoms. The summed E-state index contributed by atoms with van der Waals surface area (Å²) in [6.07, 6.45) is 1.75. The molecular weight excluding hydrogens is 276 g/mol. The quantitative estimate of drug-likeness (QED) is 0.676. The Bertz CT molecular complexity index is 752. The van der Waals surface area contributed by atoms with Crippen LogP contribution in [0.1, 0.15) is 0 Å². The van der Waals surface area contributed by atoms with Crippen molar-refractivity contribution >= 4 is 5.69 Å². The van der Waals surface area contributed by atoms with E-state index >= 15 is 0 Å². The number of nitrogens with two attached hydrogens (primary N) is 1. The minimum atomic E-state index is 0.188. The van der Waals surface area contributed by atoms with Gasteiger partial charge in [0.05, 0.1) is 17.6 Å². The molecule has 3 rings (SSSR count). The van der Waals surface area contributed by atoms with Crippen LogP contribution in [0.15, 0.2) is 60.8 Å². The number of hydrogen-bond acceptors (Lipinski definition) is 4. The topological polar surface area (TPSA) is 76.1 Å². The van der Waals surface area contributed by atoms with E-state index in [2.05, 4.69) is 10.4 Å². The zero-order valence-corrected chi connectivity index (χ0v) is 12.1. The number of aromatic hydroxyl groups is 1. The Morgan fingerprint density at radius 3 is 2.50 bits per heavy atom. The molecule has 0 unspecified atom stereocenters. The van der Waals surface area contributed by atoms with Gasteiger partial charge in [-0.1, -0.05) is 42.5 Å². The second-order valence-corrected chi connectivity index (χ2v) is 4.89. The molecule has 0 atom stereocenters. The second-order valence-electron chi connectivity index (χ2n) is 4.89. The first-order valence-corrected chi connectivity index (χ1v) is 7.17. The van der Waals surface area contributed by atoms with Crippen molar-refractivity contribution < 1.29 is 5.11 Å². The zero-order valence-electron chi connectivity index (χ0n) is 12.1. The van der Waals surface area contributed by atoms with Gasteiger partial charge >= 0.3 is 0 Å². The van der Waals surface area contributed by atoms with E-state index in [1.165, 1.54) is 0 Å². The van der Waals surface area contributed by atoms with Crippen LogP contribution in [-0.2, 0) is 0 Å². The lowest BCUT2D eigenvalue weighted by molar-refractivity contribution is 0.470. The summed E-state index contributed by atoms with van der Waals surface area (Å²) in [6.45, 7) is 1.20. The molecule has 0 aliphatic rings. The van der Waals surface area contributed by atoms with Crippen LogP contribution < -0.4 is 11.1 Å². The number of rotatable bonds is 5. The van der Waals surface area contributed by atoms with Gasteiger partial charge in [-0.15, -0.1) is 0 Å². The van der Waals surface area contributed by atoms with Gasteiger partial charge in [0.2, 0.25) is 0 Å². The standard InChI is InChI=1S/C17H18N4O/c18-10-11-19-14-12-20-21(15-8-4-5-9-16(15)22)17(14)13-6-2-1-3-7-13/h1-9,12,19,22H,10-11,18H2. The van der Waals surface area contributed by atoms with Crippen molar-refractivity contribution in [3.05, 3.63) is 60.8 Å². The van der Waals surface area contributed by atoms with Gasteiger partial charge < -0.3 is 16.2 Å². The van der Waals surface area contributed by atoms with Crippen molar-refractivity contribution in [1.82, 2.24) is 9.78 Å². The van der Waals surface area contributed by atoms with Crippen molar-refractivity contribution in [3.8, 4) is 22.7 Å². The number of para-hydroxylation sites is 2. The van der Waals surface area contributed by atoms with Gasteiger partial charge in [-0.2, -0.15) is 5.10 Å². The number of phenolic OH excluding ortho intramolecular Hbond substituents is 1. The van der Waals surface area contributed by atoms with E-state index < -0.39 is 0 Å². The van der Waals surface area contributed by atoms with Crippen molar-refractivity contribution in [2.75, 3.05) is 18.4 Å². The van der Waals surface area contributed by atoms with Crippen molar-refractivity contribution in [3.63, 3.8) is 0 Å². The van der Waals surface area contributed by atoms with Crippen molar-refractivity contribution in [2.24, 2.45) is 5.73 Å². The lowest BCUT2D eigenvalue weighted by atomic mass is 10.1. The predicted molar refractivity (Wildman–Crippen MR) is 88.2 cm³/mol. The first-order valence-electron chi connectivity index (χ1n) is 7.17. The van der Waals surface area contributed by atoms with Crippen LogP contribution in [-0.4, -0.2) is 28.0 Å². The summed E-state index contributed by atoms with van der Waals surface area (Å²) in [5.74, 6) is 0.188. The fraction of sp³-hybridized carbons (Fsp3) is 0.118. The Morgan fingerprint density at radius 1 is 1.05 bits per heavy atom. The Morgan fingerprint density at radius 2 is 1.77 bits per heavy atom. The highest BCUT2D eigenvalue weighted by molar-refractivity contribution is 5.76. The summed E-state index contributed by atoms with van der Waals surface area (Å²) in [5, 5.41) is 17.8. The molecule has 0 saturated carbocycles. The average Bonchev–Trinajstić information content (AvgIpc) is 2.98. The van der Waals surface area contributed by atoms with Gasteiger partial charge in [0.15, 0.2) is 0 Å². The number of phenols is 1. The largest absolute Gasteiger partial charge is 0.506 e. The molecule has 5 nitrogen and oxygen atoms in total. The monoisotopic (exact) mass is 294 g/mol. The van der Waals surface area contributed by atoms with Crippen LogP contribution in [0.25, 0.3) is 16.9 Å². The molecule has 2 aromatic carbocycles. The molecule has 1 aromatic heterocycles. The molecule has 0 bridgehead atoms. The van der Waals surface area contributed by atoms with E-state index in [0.717, 1.165) is 16.9 Å². The maximum Gasteiger partial charge on any atom is 0.141 e. The minimum Gasteiger partial charge on any atom is -0.506 e. The summed E-state index contributed by atoms with van der Waals surface area (Å²) in [5.41, 5.74) is 9.02. The van der Waals surface area contributed by atoms with Gasteiger partial charge in [-0.05, 0) is 12.1 Å². The first kappa shape index (κ1) is 14.2. The highest BCUT2D eigenvalue weighted by Crippen LogP contribution is 2.32. The van der Waals surface area contributed by atoms with Crippen LogP contribution in [0.2, 0.25) is 0 Å². The van der Waals surface area contributed by atoms with E-state index in [0.29, 0.717) is 18.8 Å². The Labute approximate surface area is 129 Å². The molecule has 3 aromatic rings. The zero-order chi connectivity index (χ0) is 15.4. The number of benzene rings is 2. The van der Waals surface area contributed by atoms with E-state index in [9.17, 15) is 5.11 Å². The Balaban J connectivity index is 2.15. The molecule has 0 aliphatic heterocycles. The van der Waals surface area contributed by atoms with Crippen LogP contribution in [0.5, 0.6) is 5.75 Å². The molecule has 0 saturated heterocycles. The third-order valence-electron chi connectivity index (χ3n) is 3.39. The van der Waals surface area contributed by atoms with Gasteiger partial charge in [-0.3, -0.25) is 0 Å². The van der Waals surface area contributed by atoms with Gasteiger partial charge in [0.1, 0.15) is 11.4 Å². The number of anilines is 1. The summed E-state index contributed by atoms with van der Waals surface area (Å²) >= 11 is 0. The number of nitrogens with one attached hydrogen (secondary N) is 1. The maximum absolute atomic E-state index is 10.1. The molecule has 0 aliphatic carbocycles. The third kappa shape index (κ3) is 2.66. The van der Waals surface area contributed by atoms with E-state index in [4.69, 9.17) is 5.73 Å². The first-order chi connectivity index (χ1) is 10.8. The summed E-state index contributed by atoms with van der Waals surface area (Å²) in [7, 11) is 0. The number of hydrogen-bond donors (Lipinski definition) is 3. The van der Waals surface area contributed by atoms with Gasteiger partial charge in [-0.25, -0.2) is 4.68 Å². The van der Waals surface area contributed by atoms with Crippen molar-refractivity contribution in [2.45, 2.75) is 0 Å². The van der Waals surface area contributed by atoms with Crippen LogP contribution in [0.4, 0.5) is 5.69 Å². The van der Waals surface area contributed by atoms with E-state index in [1.807, 2.05) is 42.5 Å². The molecule has 1 heterocycles. The summed E-state index contributed by atoms with van der Waals surface area (Å²) < 4.78 is 1.74. The second kappa shape index (κ2) is 6.32. The lowest BCUT2D eigenvalue weighted by Crippen LogP contribution is -2.13. The Kier molecular flexibility index (Phi) is 4.07. The maximum atomic E-state index is 10.1. The SMILES string of the molecule is NCCNc1cnn(-c2ccccc2O)c1-c1ccccc1. The average molecular weight is 294 g/mol. The molecule has 22 heavy (non-hydrogen) atoms. The molecule has 112 valence electrons. The predicted octanol–water partition coefficient (Wildman–Crippen LogP) is 2.62. The normalized spacial score (nSPS) is 10.6. The smallest absolute Gasteiger partial charge is 0.141 e. The minimum absolute atomic E-state index is 0.188. The fourth-order valence-corrected chi connectivity index (χ4v) is 2.38.